The van der Waals surface area contributed by atoms with E-state index in [1.165, 1.54) is 5.32 Å². The number of carboxylic acids is 1. The molecule has 1 amide bonds. The van der Waals surface area contributed by atoms with Gasteiger partial charge in [-0.2, -0.15) is 13.2 Å². The molecule has 6 nitrogen and oxygen atoms in total. The first-order chi connectivity index (χ1) is 8.14. The molecule has 9 heteroatoms. The lowest BCUT2D eigenvalue weighted by Crippen LogP contribution is -2.30. The summed E-state index contributed by atoms with van der Waals surface area (Å²) in [5, 5.41) is 28.3. The van der Waals surface area contributed by atoms with E-state index < -0.39 is 40.8 Å². The van der Waals surface area contributed by atoms with Crippen molar-refractivity contribution in [3.8, 4) is 11.5 Å². The molecule has 0 fully saturated rings. The SMILES string of the molecule is O=C(O)c1c(O)ccc(NC(=O)C(F)(F)F)c1O. The molecular weight excluding hydrogens is 259 g/mol. The highest BCUT2D eigenvalue weighted by Crippen LogP contribution is 2.34. The molecule has 18 heavy (non-hydrogen) atoms. The minimum Gasteiger partial charge on any atom is -0.507 e. The number of phenols is 2. The molecule has 0 aliphatic heterocycles. The molecule has 1 aromatic carbocycles. The lowest BCUT2D eigenvalue weighted by molar-refractivity contribution is -0.167. The van der Waals surface area contributed by atoms with Crippen molar-refractivity contribution in [2.45, 2.75) is 6.18 Å². The summed E-state index contributed by atoms with van der Waals surface area (Å²) < 4.78 is 35.8. The van der Waals surface area contributed by atoms with Gasteiger partial charge in [0.2, 0.25) is 0 Å². The average molecular weight is 265 g/mol. The smallest absolute Gasteiger partial charge is 0.471 e. The number of carbonyl (C=O) groups excluding carboxylic acids is 1. The number of hydrogen-bond acceptors (Lipinski definition) is 4. The van der Waals surface area contributed by atoms with Crippen molar-refractivity contribution >= 4 is 17.6 Å². The average Bonchev–Trinajstić information content (AvgIpc) is 2.20. The fourth-order valence-corrected chi connectivity index (χ4v) is 1.09. The van der Waals surface area contributed by atoms with Crippen molar-refractivity contribution in [1.82, 2.24) is 0 Å². The number of hydrogen-bond donors (Lipinski definition) is 4. The molecule has 0 unspecified atom stereocenters. The van der Waals surface area contributed by atoms with E-state index in [0.717, 1.165) is 12.1 Å². The third-order valence-electron chi connectivity index (χ3n) is 1.88. The van der Waals surface area contributed by atoms with Gasteiger partial charge in [-0.25, -0.2) is 4.79 Å². The van der Waals surface area contributed by atoms with Gasteiger partial charge in [0.1, 0.15) is 11.3 Å². The summed E-state index contributed by atoms with van der Waals surface area (Å²) in [6, 6.07) is 1.47. The number of alkyl halides is 3. The number of benzene rings is 1. The third-order valence-corrected chi connectivity index (χ3v) is 1.88. The maximum absolute atomic E-state index is 11.9. The summed E-state index contributed by atoms with van der Waals surface area (Å²) in [5.41, 5.74) is -1.78. The second kappa shape index (κ2) is 4.43. The van der Waals surface area contributed by atoms with Gasteiger partial charge in [0, 0.05) is 0 Å². The van der Waals surface area contributed by atoms with Crippen LogP contribution in [0, 0.1) is 0 Å². The Kier molecular flexibility index (Phi) is 3.35. The molecule has 0 saturated heterocycles. The molecule has 0 saturated carbocycles. The number of rotatable bonds is 2. The van der Waals surface area contributed by atoms with Gasteiger partial charge in [0.05, 0.1) is 5.69 Å². The van der Waals surface area contributed by atoms with E-state index in [-0.39, 0.29) is 0 Å². The number of amides is 1. The Bertz CT molecular complexity index is 512. The van der Waals surface area contributed by atoms with Crippen LogP contribution in [0.15, 0.2) is 12.1 Å². The number of aromatic carboxylic acids is 1. The van der Waals surface area contributed by atoms with E-state index >= 15 is 0 Å². The highest BCUT2D eigenvalue weighted by Gasteiger charge is 2.39. The van der Waals surface area contributed by atoms with Gasteiger partial charge < -0.3 is 20.6 Å². The van der Waals surface area contributed by atoms with Crippen molar-refractivity contribution in [3.63, 3.8) is 0 Å². The standard InChI is InChI=1S/C9H6F3NO5/c10-9(11,12)8(18)13-3-1-2-4(14)5(6(3)15)7(16)17/h1-2,14-15H,(H,13,18)(H,16,17). The summed E-state index contributed by atoms with van der Waals surface area (Å²) in [4.78, 5) is 21.2. The predicted octanol–water partition coefficient (Wildman–Crippen LogP) is 1.30. The van der Waals surface area contributed by atoms with Crippen LogP contribution in [-0.2, 0) is 4.79 Å². The Morgan fingerprint density at radius 3 is 2.17 bits per heavy atom. The predicted molar refractivity (Wildman–Crippen MR) is 51.4 cm³/mol. The monoisotopic (exact) mass is 265 g/mol. The normalized spacial score (nSPS) is 11.1. The van der Waals surface area contributed by atoms with Gasteiger partial charge in [-0.3, -0.25) is 4.79 Å². The topological polar surface area (TPSA) is 107 Å². The van der Waals surface area contributed by atoms with Crippen LogP contribution in [0.25, 0.3) is 0 Å². The number of anilines is 1. The zero-order valence-corrected chi connectivity index (χ0v) is 8.45. The van der Waals surface area contributed by atoms with E-state index in [1.54, 1.807) is 0 Å². The number of carbonyl (C=O) groups is 2. The summed E-state index contributed by atoms with van der Waals surface area (Å²) >= 11 is 0. The van der Waals surface area contributed by atoms with Gasteiger partial charge >= 0.3 is 18.1 Å². The van der Waals surface area contributed by atoms with Crippen molar-refractivity contribution in [2.75, 3.05) is 5.32 Å². The molecule has 0 aliphatic carbocycles. The zero-order valence-electron chi connectivity index (χ0n) is 8.45. The number of aromatic hydroxyl groups is 2. The fourth-order valence-electron chi connectivity index (χ4n) is 1.09. The first kappa shape index (κ1) is 13.6. The minimum atomic E-state index is -5.19. The Hall–Kier alpha value is -2.45. The number of halogens is 3. The van der Waals surface area contributed by atoms with E-state index in [9.17, 15) is 27.9 Å². The third kappa shape index (κ3) is 2.62. The Morgan fingerprint density at radius 2 is 1.72 bits per heavy atom. The molecule has 0 aromatic heterocycles. The lowest BCUT2D eigenvalue weighted by atomic mass is 10.1. The van der Waals surface area contributed by atoms with Gasteiger partial charge in [0.15, 0.2) is 5.75 Å². The Morgan fingerprint density at radius 1 is 1.17 bits per heavy atom. The molecule has 0 heterocycles. The summed E-state index contributed by atoms with van der Waals surface area (Å²) in [6.45, 7) is 0. The van der Waals surface area contributed by atoms with Crippen molar-refractivity contribution in [2.24, 2.45) is 0 Å². The zero-order chi connectivity index (χ0) is 14.1. The first-order valence-electron chi connectivity index (χ1n) is 4.31. The van der Waals surface area contributed by atoms with Crippen molar-refractivity contribution < 1.29 is 38.1 Å². The van der Waals surface area contributed by atoms with E-state index in [1.807, 2.05) is 0 Å². The largest absolute Gasteiger partial charge is 0.507 e. The van der Waals surface area contributed by atoms with Gasteiger partial charge in [0.25, 0.3) is 0 Å². The molecule has 1 rings (SSSR count). The molecule has 98 valence electrons. The number of nitrogens with one attached hydrogen (secondary N) is 1. The summed E-state index contributed by atoms with van der Waals surface area (Å²) in [7, 11) is 0. The summed E-state index contributed by atoms with van der Waals surface area (Å²) in [6.07, 6.45) is -5.19. The van der Waals surface area contributed by atoms with E-state index in [0.29, 0.717) is 0 Å². The van der Waals surface area contributed by atoms with Crippen LogP contribution >= 0.6 is 0 Å². The van der Waals surface area contributed by atoms with Crippen LogP contribution in [0.4, 0.5) is 18.9 Å². The maximum atomic E-state index is 11.9. The minimum absolute atomic E-state index is 0.731. The van der Waals surface area contributed by atoms with Crippen LogP contribution in [0.2, 0.25) is 0 Å². The molecule has 4 N–H and O–H groups in total. The van der Waals surface area contributed by atoms with Crippen LogP contribution in [0.1, 0.15) is 10.4 Å². The van der Waals surface area contributed by atoms with Crippen molar-refractivity contribution in [3.05, 3.63) is 17.7 Å². The fraction of sp³-hybridized carbons (Fsp3) is 0.111. The second-order valence-electron chi connectivity index (χ2n) is 3.11. The van der Waals surface area contributed by atoms with E-state index in [2.05, 4.69) is 0 Å². The molecular formula is C9H6F3NO5. The number of carboxylic acid groups (broad SMARTS) is 1. The Balaban J connectivity index is 3.17. The van der Waals surface area contributed by atoms with E-state index in [4.69, 9.17) is 10.2 Å². The van der Waals surface area contributed by atoms with Crippen molar-refractivity contribution in [1.29, 1.82) is 0 Å². The molecule has 0 aliphatic rings. The van der Waals surface area contributed by atoms with Crippen LogP contribution < -0.4 is 5.32 Å². The highest BCUT2D eigenvalue weighted by atomic mass is 19.4. The second-order valence-corrected chi connectivity index (χ2v) is 3.11. The van der Waals surface area contributed by atoms with Gasteiger partial charge in [-0.05, 0) is 12.1 Å². The van der Waals surface area contributed by atoms with Crippen LogP contribution in [0.5, 0.6) is 11.5 Å². The first-order valence-corrected chi connectivity index (χ1v) is 4.31. The summed E-state index contributed by atoms with van der Waals surface area (Å²) in [5.74, 6) is -6.14. The van der Waals surface area contributed by atoms with Crippen LogP contribution in [0.3, 0.4) is 0 Å². The highest BCUT2D eigenvalue weighted by molar-refractivity contribution is 6.01. The molecule has 0 spiro atoms. The van der Waals surface area contributed by atoms with Gasteiger partial charge in [-0.15, -0.1) is 0 Å². The quantitative estimate of drug-likeness (QED) is 0.476. The molecule has 0 bridgehead atoms. The molecule has 1 aromatic rings. The lowest BCUT2D eigenvalue weighted by Gasteiger charge is -2.11. The molecule has 0 radical (unpaired) electrons. The van der Waals surface area contributed by atoms with Gasteiger partial charge in [-0.1, -0.05) is 0 Å². The maximum Gasteiger partial charge on any atom is 0.471 e. The molecule has 0 atom stereocenters. The van der Waals surface area contributed by atoms with Crippen LogP contribution in [-0.4, -0.2) is 33.4 Å². The Labute approximate surface area is 97.3 Å².